The standard InChI is InChI=1S/C16H22BrNO3/c1-13(11-18-9-3-2-4-10-18)21-16(19)12-20-15-7-5-14(17)6-8-15/h5-8,13H,2-4,9-12H2,1H3/p+1/t13-/m0/s1. The van der Waals surface area contributed by atoms with Crippen molar-refractivity contribution in [1.29, 1.82) is 0 Å². The number of likely N-dealkylation sites (tertiary alicyclic amines) is 1. The van der Waals surface area contributed by atoms with Crippen LogP contribution in [-0.4, -0.2) is 38.3 Å². The molecule has 0 saturated carbocycles. The van der Waals surface area contributed by atoms with Crippen molar-refractivity contribution in [2.45, 2.75) is 32.3 Å². The average molecular weight is 357 g/mol. The number of ether oxygens (including phenoxy) is 2. The van der Waals surface area contributed by atoms with Gasteiger partial charge in [0.2, 0.25) is 0 Å². The molecule has 1 atom stereocenters. The van der Waals surface area contributed by atoms with E-state index in [0.717, 1.165) is 11.0 Å². The number of carbonyl (C=O) groups excluding carboxylic acids is 1. The number of hydrogen-bond donors (Lipinski definition) is 1. The third-order valence-corrected chi connectivity index (χ3v) is 4.17. The summed E-state index contributed by atoms with van der Waals surface area (Å²) < 4.78 is 11.8. The van der Waals surface area contributed by atoms with Gasteiger partial charge in [-0.25, -0.2) is 4.79 Å². The molecule has 1 aromatic rings. The van der Waals surface area contributed by atoms with E-state index in [-0.39, 0.29) is 18.7 Å². The van der Waals surface area contributed by atoms with Gasteiger partial charge >= 0.3 is 5.97 Å². The maximum absolute atomic E-state index is 11.8. The Hall–Kier alpha value is -1.07. The van der Waals surface area contributed by atoms with Gasteiger partial charge < -0.3 is 14.4 Å². The summed E-state index contributed by atoms with van der Waals surface area (Å²) in [7, 11) is 0. The van der Waals surface area contributed by atoms with Crippen LogP contribution in [0.5, 0.6) is 5.75 Å². The molecule has 1 aliphatic heterocycles. The normalized spacial score (nSPS) is 17.2. The van der Waals surface area contributed by atoms with E-state index in [4.69, 9.17) is 9.47 Å². The van der Waals surface area contributed by atoms with E-state index in [2.05, 4.69) is 15.9 Å². The monoisotopic (exact) mass is 356 g/mol. The molecule has 1 fully saturated rings. The van der Waals surface area contributed by atoms with E-state index in [9.17, 15) is 4.79 Å². The van der Waals surface area contributed by atoms with E-state index in [1.165, 1.54) is 37.3 Å². The Balaban J connectivity index is 1.67. The number of esters is 1. The molecule has 0 spiro atoms. The molecule has 0 aromatic heterocycles. The van der Waals surface area contributed by atoms with Crippen LogP contribution in [0.1, 0.15) is 26.2 Å². The third-order valence-electron chi connectivity index (χ3n) is 3.64. The van der Waals surface area contributed by atoms with Gasteiger partial charge in [-0.1, -0.05) is 15.9 Å². The Morgan fingerprint density at radius 1 is 1.24 bits per heavy atom. The summed E-state index contributed by atoms with van der Waals surface area (Å²) in [5, 5.41) is 0. The van der Waals surface area contributed by atoms with Crippen LogP contribution in [0.25, 0.3) is 0 Å². The Morgan fingerprint density at radius 3 is 2.57 bits per heavy atom. The minimum Gasteiger partial charge on any atom is -0.482 e. The number of hydrogen-bond acceptors (Lipinski definition) is 3. The zero-order valence-electron chi connectivity index (χ0n) is 12.4. The van der Waals surface area contributed by atoms with Gasteiger partial charge in [0.1, 0.15) is 18.4 Å². The summed E-state index contributed by atoms with van der Waals surface area (Å²) in [6, 6.07) is 7.39. The Labute approximate surface area is 134 Å². The molecule has 116 valence electrons. The highest BCUT2D eigenvalue weighted by Crippen LogP contribution is 2.15. The molecule has 21 heavy (non-hydrogen) atoms. The zero-order chi connectivity index (χ0) is 15.1. The van der Waals surface area contributed by atoms with Crippen LogP contribution < -0.4 is 9.64 Å². The van der Waals surface area contributed by atoms with Gasteiger partial charge in [0.15, 0.2) is 6.61 Å². The maximum Gasteiger partial charge on any atom is 0.344 e. The minimum absolute atomic E-state index is 0.0404. The first-order valence-electron chi connectivity index (χ1n) is 7.55. The predicted molar refractivity (Wildman–Crippen MR) is 84.6 cm³/mol. The zero-order valence-corrected chi connectivity index (χ0v) is 14.0. The van der Waals surface area contributed by atoms with Crippen LogP contribution in [-0.2, 0) is 9.53 Å². The quantitative estimate of drug-likeness (QED) is 0.790. The van der Waals surface area contributed by atoms with Crippen molar-refractivity contribution in [3.8, 4) is 5.75 Å². The van der Waals surface area contributed by atoms with E-state index in [1.54, 1.807) is 0 Å². The summed E-state index contributed by atoms with van der Waals surface area (Å²) in [6.45, 7) is 5.19. The highest BCUT2D eigenvalue weighted by Gasteiger charge is 2.19. The predicted octanol–water partition coefficient (Wildman–Crippen LogP) is 1.83. The van der Waals surface area contributed by atoms with Crippen molar-refractivity contribution in [3.05, 3.63) is 28.7 Å². The number of rotatable bonds is 6. The van der Waals surface area contributed by atoms with E-state index in [0.29, 0.717) is 5.75 Å². The second-order valence-electron chi connectivity index (χ2n) is 5.56. The molecule has 1 aromatic carbocycles. The molecule has 0 amide bonds. The molecule has 0 aliphatic carbocycles. The summed E-state index contributed by atoms with van der Waals surface area (Å²) in [4.78, 5) is 13.3. The van der Waals surface area contributed by atoms with Crippen LogP contribution in [0.4, 0.5) is 0 Å². The first-order chi connectivity index (χ1) is 10.1. The molecular weight excluding hydrogens is 334 g/mol. The first kappa shape index (κ1) is 16.3. The first-order valence-corrected chi connectivity index (χ1v) is 8.34. The molecule has 5 heteroatoms. The SMILES string of the molecule is C[C@@H](C[NH+]1CCCCC1)OC(=O)COc1ccc(Br)cc1. The molecule has 1 aliphatic rings. The minimum atomic E-state index is -0.304. The Kier molecular flexibility index (Phi) is 6.51. The number of benzene rings is 1. The summed E-state index contributed by atoms with van der Waals surface area (Å²) >= 11 is 3.36. The fourth-order valence-electron chi connectivity index (χ4n) is 2.64. The summed E-state index contributed by atoms with van der Waals surface area (Å²) in [5.74, 6) is 0.367. The highest BCUT2D eigenvalue weighted by molar-refractivity contribution is 9.10. The lowest BCUT2D eigenvalue weighted by molar-refractivity contribution is -0.907. The van der Waals surface area contributed by atoms with Gasteiger partial charge in [0.05, 0.1) is 13.1 Å². The fourth-order valence-corrected chi connectivity index (χ4v) is 2.90. The van der Waals surface area contributed by atoms with Gasteiger partial charge in [-0.15, -0.1) is 0 Å². The van der Waals surface area contributed by atoms with Crippen LogP contribution >= 0.6 is 15.9 Å². The Morgan fingerprint density at radius 2 is 1.90 bits per heavy atom. The van der Waals surface area contributed by atoms with E-state index >= 15 is 0 Å². The molecule has 0 radical (unpaired) electrons. The molecule has 0 unspecified atom stereocenters. The number of quaternary nitrogens is 1. The molecule has 2 rings (SSSR count). The summed E-state index contributed by atoms with van der Waals surface area (Å²) in [5.41, 5.74) is 0. The summed E-state index contributed by atoms with van der Waals surface area (Å²) in [6.07, 6.45) is 3.84. The van der Waals surface area contributed by atoms with Crippen LogP contribution in [0.3, 0.4) is 0 Å². The topological polar surface area (TPSA) is 40.0 Å². The van der Waals surface area contributed by atoms with Gasteiger partial charge in [0.25, 0.3) is 0 Å². The van der Waals surface area contributed by atoms with Crippen molar-refractivity contribution >= 4 is 21.9 Å². The third kappa shape index (κ3) is 6.06. The smallest absolute Gasteiger partial charge is 0.344 e. The average Bonchev–Trinajstić information content (AvgIpc) is 2.47. The van der Waals surface area contributed by atoms with Crippen molar-refractivity contribution in [3.63, 3.8) is 0 Å². The number of nitrogens with one attached hydrogen (secondary N) is 1. The number of piperidine rings is 1. The lowest BCUT2D eigenvalue weighted by atomic mass is 10.1. The molecule has 4 nitrogen and oxygen atoms in total. The van der Waals surface area contributed by atoms with E-state index < -0.39 is 0 Å². The van der Waals surface area contributed by atoms with Crippen molar-refractivity contribution in [2.75, 3.05) is 26.2 Å². The second-order valence-corrected chi connectivity index (χ2v) is 6.47. The molecule has 1 N–H and O–H groups in total. The van der Waals surface area contributed by atoms with Crippen LogP contribution in [0, 0.1) is 0 Å². The van der Waals surface area contributed by atoms with Gasteiger partial charge in [-0.05, 0) is 50.5 Å². The largest absolute Gasteiger partial charge is 0.482 e. The number of carbonyl (C=O) groups is 1. The van der Waals surface area contributed by atoms with Gasteiger partial charge in [-0.2, -0.15) is 0 Å². The van der Waals surface area contributed by atoms with Crippen LogP contribution in [0.15, 0.2) is 28.7 Å². The molecule has 1 heterocycles. The van der Waals surface area contributed by atoms with Crippen molar-refractivity contribution < 1.29 is 19.2 Å². The van der Waals surface area contributed by atoms with Crippen molar-refractivity contribution in [1.82, 2.24) is 0 Å². The fraction of sp³-hybridized carbons (Fsp3) is 0.562. The highest BCUT2D eigenvalue weighted by atomic mass is 79.9. The lowest BCUT2D eigenvalue weighted by Gasteiger charge is -2.26. The van der Waals surface area contributed by atoms with E-state index in [1.807, 2.05) is 31.2 Å². The van der Waals surface area contributed by atoms with Crippen molar-refractivity contribution in [2.24, 2.45) is 0 Å². The van der Waals surface area contributed by atoms with Gasteiger partial charge in [-0.3, -0.25) is 0 Å². The molecule has 1 saturated heterocycles. The lowest BCUT2D eigenvalue weighted by Crippen LogP contribution is -3.13. The van der Waals surface area contributed by atoms with Crippen LogP contribution in [0.2, 0.25) is 0 Å². The second kappa shape index (κ2) is 8.39. The molecular formula is C16H23BrNO3+. The maximum atomic E-state index is 11.8. The van der Waals surface area contributed by atoms with Gasteiger partial charge in [0, 0.05) is 4.47 Å². The number of halogens is 1. The molecule has 0 bridgehead atoms. The Bertz CT molecular complexity index is 443.